The summed E-state index contributed by atoms with van der Waals surface area (Å²) in [5, 5.41) is 9.14. The second-order valence-electron chi connectivity index (χ2n) is 7.90. The number of methoxy groups -OCH3 is 1. The molecule has 33 heavy (non-hydrogen) atoms. The third-order valence-electron chi connectivity index (χ3n) is 6.08. The number of hydrogen-bond acceptors (Lipinski definition) is 6. The highest BCUT2D eigenvalue weighted by molar-refractivity contribution is 7.98. The van der Waals surface area contributed by atoms with Gasteiger partial charge in [0.2, 0.25) is 11.1 Å². The number of anilines is 1. The van der Waals surface area contributed by atoms with Gasteiger partial charge in [0, 0.05) is 11.1 Å². The van der Waals surface area contributed by atoms with Crippen LogP contribution in [-0.2, 0) is 0 Å². The number of nitrogens with zero attached hydrogens (tertiary/aromatic N) is 3. The number of para-hydroxylation sites is 1. The molecule has 0 aliphatic carbocycles. The summed E-state index contributed by atoms with van der Waals surface area (Å²) < 4.78 is 14.0. The van der Waals surface area contributed by atoms with Gasteiger partial charge in [-0.1, -0.05) is 66.4 Å². The average Bonchev–Trinajstić information content (AvgIpc) is 3.30. The van der Waals surface area contributed by atoms with Crippen molar-refractivity contribution in [2.45, 2.75) is 17.3 Å². The SMILES string of the molecule is COc1ccc([C@H]2C3=C(Nc4nc(SC)nn42)c2ccccc2O[C@@H]3c2ccccc2)cc1. The van der Waals surface area contributed by atoms with E-state index >= 15 is 0 Å². The van der Waals surface area contributed by atoms with E-state index in [1.54, 1.807) is 7.11 Å². The topological polar surface area (TPSA) is 61.2 Å². The lowest BCUT2D eigenvalue weighted by atomic mass is 9.84. The Labute approximate surface area is 196 Å². The molecule has 3 heterocycles. The van der Waals surface area contributed by atoms with E-state index in [4.69, 9.17) is 19.6 Å². The molecule has 0 spiro atoms. The molecule has 1 N–H and O–H groups in total. The van der Waals surface area contributed by atoms with Crippen molar-refractivity contribution in [3.63, 3.8) is 0 Å². The molecule has 7 heteroatoms. The summed E-state index contributed by atoms with van der Waals surface area (Å²) in [6, 6.07) is 26.4. The Kier molecular flexibility index (Phi) is 4.84. The molecule has 164 valence electrons. The Morgan fingerprint density at radius 1 is 0.939 bits per heavy atom. The molecule has 4 aromatic rings. The third kappa shape index (κ3) is 3.27. The molecular formula is C26H22N4O2S. The Balaban J connectivity index is 1.62. The van der Waals surface area contributed by atoms with Crippen molar-refractivity contribution in [2.24, 2.45) is 0 Å². The highest BCUT2D eigenvalue weighted by Gasteiger charge is 2.41. The number of ether oxygens (including phenoxy) is 2. The monoisotopic (exact) mass is 454 g/mol. The first-order valence-electron chi connectivity index (χ1n) is 10.7. The van der Waals surface area contributed by atoms with Gasteiger partial charge in [0.15, 0.2) is 0 Å². The van der Waals surface area contributed by atoms with E-state index in [1.165, 1.54) is 11.8 Å². The van der Waals surface area contributed by atoms with Gasteiger partial charge in [-0.3, -0.25) is 0 Å². The van der Waals surface area contributed by atoms with E-state index in [0.29, 0.717) is 0 Å². The zero-order chi connectivity index (χ0) is 22.4. The molecule has 0 bridgehead atoms. The summed E-state index contributed by atoms with van der Waals surface area (Å²) >= 11 is 1.53. The molecule has 0 saturated heterocycles. The highest BCUT2D eigenvalue weighted by Crippen LogP contribution is 2.50. The molecule has 0 radical (unpaired) electrons. The van der Waals surface area contributed by atoms with Crippen LogP contribution in [0.25, 0.3) is 5.70 Å². The summed E-state index contributed by atoms with van der Waals surface area (Å²) in [5.41, 5.74) is 5.34. The quantitative estimate of drug-likeness (QED) is 0.407. The molecule has 0 fully saturated rings. The Morgan fingerprint density at radius 2 is 1.70 bits per heavy atom. The molecule has 2 aliphatic rings. The summed E-state index contributed by atoms with van der Waals surface area (Å²) in [5.74, 6) is 2.39. The summed E-state index contributed by atoms with van der Waals surface area (Å²) in [4.78, 5) is 4.74. The maximum Gasteiger partial charge on any atom is 0.227 e. The van der Waals surface area contributed by atoms with Gasteiger partial charge in [-0.25, -0.2) is 4.68 Å². The van der Waals surface area contributed by atoms with E-state index in [-0.39, 0.29) is 12.1 Å². The Hall–Kier alpha value is -3.71. The zero-order valence-electron chi connectivity index (χ0n) is 18.2. The number of hydrogen-bond donors (Lipinski definition) is 1. The zero-order valence-corrected chi connectivity index (χ0v) is 19.0. The fraction of sp³-hybridized carbons (Fsp3) is 0.154. The van der Waals surface area contributed by atoms with Crippen molar-refractivity contribution in [3.8, 4) is 11.5 Å². The van der Waals surface area contributed by atoms with Crippen LogP contribution < -0.4 is 14.8 Å². The van der Waals surface area contributed by atoms with Crippen molar-refractivity contribution >= 4 is 23.4 Å². The van der Waals surface area contributed by atoms with Gasteiger partial charge < -0.3 is 14.8 Å². The predicted octanol–water partition coefficient (Wildman–Crippen LogP) is 5.57. The minimum absolute atomic E-state index is 0.186. The van der Waals surface area contributed by atoms with Crippen LogP contribution in [0.1, 0.15) is 28.8 Å². The molecule has 0 saturated carbocycles. The second kappa shape index (κ2) is 8.01. The Morgan fingerprint density at radius 3 is 2.45 bits per heavy atom. The van der Waals surface area contributed by atoms with Gasteiger partial charge in [-0.05, 0) is 41.6 Å². The molecule has 2 aliphatic heterocycles. The maximum absolute atomic E-state index is 6.64. The van der Waals surface area contributed by atoms with Crippen LogP contribution >= 0.6 is 11.8 Å². The standard InChI is InChI=1S/C26H22N4O2S/c1-31-18-14-12-16(13-15-18)23-21-22(27-25-28-26(33-2)29-30(23)25)19-10-6-7-11-20(19)32-24(21)17-8-4-3-5-9-17/h3-15,23-24H,1-2H3,(H,27,28,29)/t23-,24+/m0/s1. The van der Waals surface area contributed by atoms with Crippen molar-refractivity contribution in [2.75, 3.05) is 18.7 Å². The number of benzene rings is 3. The lowest BCUT2D eigenvalue weighted by Gasteiger charge is -2.38. The average molecular weight is 455 g/mol. The predicted molar refractivity (Wildman–Crippen MR) is 130 cm³/mol. The Bertz CT molecular complexity index is 1350. The van der Waals surface area contributed by atoms with E-state index in [0.717, 1.165) is 50.6 Å². The van der Waals surface area contributed by atoms with Gasteiger partial charge in [-0.15, -0.1) is 5.10 Å². The minimum atomic E-state index is -0.272. The summed E-state index contributed by atoms with van der Waals surface area (Å²) in [7, 11) is 1.68. The lowest BCUT2D eigenvalue weighted by Crippen LogP contribution is -2.32. The van der Waals surface area contributed by atoms with Crippen LogP contribution in [0.4, 0.5) is 5.95 Å². The van der Waals surface area contributed by atoms with E-state index < -0.39 is 0 Å². The van der Waals surface area contributed by atoms with Gasteiger partial charge in [0.1, 0.15) is 23.6 Å². The summed E-state index contributed by atoms with van der Waals surface area (Å²) in [6.45, 7) is 0. The first-order chi connectivity index (χ1) is 16.3. The third-order valence-corrected chi connectivity index (χ3v) is 6.61. The van der Waals surface area contributed by atoms with Crippen LogP contribution in [0.15, 0.2) is 89.6 Å². The molecule has 2 atom stereocenters. The van der Waals surface area contributed by atoms with E-state index in [1.807, 2.05) is 59.5 Å². The van der Waals surface area contributed by atoms with Crippen molar-refractivity contribution in [1.29, 1.82) is 0 Å². The number of aromatic nitrogens is 3. The molecule has 0 unspecified atom stereocenters. The van der Waals surface area contributed by atoms with Crippen LogP contribution in [-0.4, -0.2) is 28.1 Å². The van der Waals surface area contributed by atoms with Crippen molar-refractivity contribution in [1.82, 2.24) is 14.8 Å². The van der Waals surface area contributed by atoms with Gasteiger partial charge in [0.25, 0.3) is 0 Å². The van der Waals surface area contributed by atoms with Gasteiger partial charge in [0.05, 0.1) is 12.8 Å². The largest absolute Gasteiger partial charge is 0.497 e. The highest BCUT2D eigenvalue weighted by atomic mass is 32.2. The van der Waals surface area contributed by atoms with Crippen LogP contribution in [0.5, 0.6) is 11.5 Å². The fourth-order valence-electron chi connectivity index (χ4n) is 4.55. The maximum atomic E-state index is 6.64. The van der Waals surface area contributed by atoms with Gasteiger partial charge in [-0.2, -0.15) is 4.98 Å². The number of fused-ring (bicyclic) bond motifs is 3. The first-order valence-corrected chi connectivity index (χ1v) is 12.0. The van der Waals surface area contributed by atoms with Gasteiger partial charge >= 0.3 is 0 Å². The van der Waals surface area contributed by atoms with Crippen molar-refractivity contribution in [3.05, 3.63) is 101 Å². The second-order valence-corrected chi connectivity index (χ2v) is 8.68. The molecule has 6 rings (SSSR count). The number of rotatable bonds is 4. The lowest BCUT2D eigenvalue weighted by molar-refractivity contribution is 0.223. The normalized spacial score (nSPS) is 18.5. The number of nitrogens with one attached hydrogen (secondary N) is 1. The molecule has 3 aromatic carbocycles. The molecule has 0 amide bonds. The van der Waals surface area contributed by atoms with Crippen molar-refractivity contribution < 1.29 is 9.47 Å². The summed E-state index contributed by atoms with van der Waals surface area (Å²) in [6.07, 6.45) is 1.72. The minimum Gasteiger partial charge on any atom is -0.497 e. The smallest absolute Gasteiger partial charge is 0.227 e. The molecule has 1 aromatic heterocycles. The molecule has 6 nitrogen and oxygen atoms in total. The van der Waals surface area contributed by atoms with E-state index in [2.05, 4.69) is 35.6 Å². The fourth-order valence-corrected chi connectivity index (χ4v) is 4.90. The molecular weight excluding hydrogens is 432 g/mol. The van der Waals surface area contributed by atoms with Crippen LogP contribution in [0.2, 0.25) is 0 Å². The first kappa shape index (κ1) is 19.9. The number of thioether (sulfide) groups is 1. The van der Waals surface area contributed by atoms with Crippen LogP contribution in [0, 0.1) is 0 Å². The van der Waals surface area contributed by atoms with Crippen LogP contribution in [0.3, 0.4) is 0 Å². The van der Waals surface area contributed by atoms with E-state index in [9.17, 15) is 0 Å².